The van der Waals surface area contributed by atoms with Gasteiger partial charge < -0.3 is 19.9 Å². The van der Waals surface area contributed by atoms with Gasteiger partial charge in [0.2, 0.25) is 0 Å². The van der Waals surface area contributed by atoms with Crippen LogP contribution < -0.4 is 5.32 Å². The average Bonchev–Trinajstić information content (AvgIpc) is 3.41. The third kappa shape index (κ3) is 2.70. The Kier molecular flexibility index (Phi) is 4.61. The predicted molar refractivity (Wildman–Crippen MR) is 99.7 cm³/mol. The summed E-state index contributed by atoms with van der Waals surface area (Å²) in [6, 6.07) is 7.83. The second-order valence-corrected chi connectivity index (χ2v) is 7.77. The lowest BCUT2D eigenvalue weighted by atomic mass is 9.83. The standard InChI is InChI=1S/C19H21F2N3O.CH2O2/c20-19(21)12-23(11-18(19)7-8-22-10-18)17(25)16-13-4-1-2-5-14(13)24-9-3-6-15(16)24;2-1-3/h1-2,4-5,22H,3,6-12H2;1H,(H,2,3). The first kappa shape index (κ1) is 18.9. The van der Waals surface area contributed by atoms with Crippen LogP contribution in [0, 0.1) is 5.41 Å². The van der Waals surface area contributed by atoms with Gasteiger partial charge in [0.15, 0.2) is 0 Å². The monoisotopic (exact) mass is 391 g/mol. The summed E-state index contributed by atoms with van der Waals surface area (Å²) < 4.78 is 31.6. The number of aryl methyl sites for hydroxylation is 1. The molecule has 0 aliphatic carbocycles. The van der Waals surface area contributed by atoms with E-state index in [-0.39, 0.29) is 18.9 Å². The molecule has 1 amide bonds. The van der Waals surface area contributed by atoms with Crippen molar-refractivity contribution < 1.29 is 23.5 Å². The van der Waals surface area contributed by atoms with Crippen molar-refractivity contribution in [1.29, 1.82) is 0 Å². The van der Waals surface area contributed by atoms with E-state index in [1.165, 1.54) is 4.90 Å². The molecule has 1 atom stereocenters. The fourth-order valence-electron chi connectivity index (χ4n) is 4.95. The number of rotatable bonds is 1. The smallest absolute Gasteiger partial charge is 0.290 e. The van der Waals surface area contributed by atoms with Gasteiger partial charge in [-0.15, -0.1) is 0 Å². The second kappa shape index (κ2) is 6.84. The normalized spacial score (nSPS) is 25.0. The molecule has 4 heterocycles. The largest absolute Gasteiger partial charge is 0.483 e. The van der Waals surface area contributed by atoms with Crippen LogP contribution in [0.1, 0.15) is 28.9 Å². The van der Waals surface area contributed by atoms with Crippen molar-refractivity contribution in [2.24, 2.45) is 5.41 Å². The third-order valence-corrected chi connectivity index (χ3v) is 6.28. The van der Waals surface area contributed by atoms with E-state index >= 15 is 0 Å². The molecule has 2 saturated heterocycles. The molecule has 2 fully saturated rings. The highest BCUT2D eigenvalue weighted by Crippen LogP contribution is 2.48. The summed E-state index contributed by atoms with van der Waals surface area (Å²) in [6.45, 7) is 1.21. The first-order chi connectivity index (χ1) is 13.4. The number of alkyl halides is 2. The molecule has 1 aromatic heterocycles. The van der Waals surface area contributed by atoms with Crippen LogP contribution in [0.4, 0.5) is 8.78 Å². The Morgan fingerprint density at radius 3 is 2.71 bits per heavy atom. The van der Waals surface area contributed by atoms with Gasteiger partial charge in [-0.25, -0.2) is 8.78 Å². The number of nitrogens with zero attached hydrogens (tertiary/aromatic N) is 2. The highest BCUT2D eigenvalue weighted by atomic mass is 19.3. The lowest BCUT2D eigenvalue weighted by Crippen LogP contribution is -2.41. The van der Waals surface area contributed by atoms with Gasteiger partial charge in [0, 0.05) is 36.2 Å². The van der Waals surface area contributed by atoms with Crippen LogP contribution >= 0.6 is 0 Å². The Bertz CT molecular complexity index is 919. The highest BCUT2D eigenvalue weighted by molar-refractivity contribution is 6.08. The first-order valence-electron chi connectivity index (χ1n) is 9.50. The predicted octanol–water partition coefficient (Wildman–Crippen LogP) is 2.36. The number of hydrogen-bond acceptors (Lipinski definition) is 3. The first-order valence-corrected chi connectivity index (χ1v) is 9.50. The Morgan fingerprint density at radius 1 is 1.25 bits per heavy atom. The topological polar surface area (TPSA) is 74.6 Å². The summed E-state index contributed by atoms with van der Waals surface area (Å²) in [4.78, 5) is 23.0. The molecule has 1 spiro atoms. The number of carboxylic acid groups (broad SMARTS) is 1. The fourth-order valence-corrected chi connectivity index (χ4v) is 4.95. The van der Waals surface area contributed by atoms with Gasteiger partial charge >= 0.3 is 0 Å². The van der Waals surface area contributed by atoms with Crippen LogP contribution in [0.5, 0.6) is 0 Å². The lowest BCUT2D eigenvalue weighted by molar-refractivity contribution is -0.122. The zero-order valence-electron chi connectivity index (χ0n) is 15.5. The molecule has 0 radical (unpaired) electrons. The summed E-state index contributed by atoms with van der Waals surface area (Å²) in [7, 11) is 0. The van der Waals surface area contributed by atoms with Crippen molar-refractivity contribution in [3.8, 4) is 0 Å². The number of nitrogens with one attached hydrogen (secondary N) is 1. The van der Waals surface area contributed by atoms with Crippen LogP contribution in [0.2, 0.25) is 0 Å². The summed E-state index contributed by atoms with van der Waals surface area (Å²) in [5, 5.41) is 10.8. The molecular formula is C20H23F2N3O3. The van der Waals surface area contributed by atoms with Crippen molar-refractivity contribution in [3.63, 3.8) is 0 Å². The number of likely N-dealkylation sites (tertiary alicyclic amines) is 1. The number of hydrogen-bond donors (Lipinski definition) is 2. The molecule has 2 aromatic rings. The van der Waals surface area contributed by atoms with E-state index in [0.29, 0.717) is 25.1 Å². The number of benzene rings is 1. The van der Waals surface area contributed by atoms with Crippen LogP contribution in [0.15, 0.2) is 24.3 Å². The van der Waals surface area contributed by atoms with Gasteiger partial charge in [-0.2, -0.15) is 0 Å². The van der Waals surface area contributed by atoms with E-state index in [2.05, 4.69) is 9.88 Å². The number of halogens is 2. The molecule has 1 aromatic carbocycles. The molecule has 6 nitrogen and oxygen atoms in total. The van der Waals surface area contributed by atoms with Gasteiger partial charge in [0.05, 0.1) is 17.5 Å². The minimum atomic E-state index is -2.83. The lowest BCUT2D eigenvalue weighted by Gasteiger charge is -2.27. The van der Waals surface area contributed by atoms with Crippen LogP contribution in [-0.4, -0.2) is 59.1 Å². The minimum Gasteiger partial charge on any atom is -0.483 e. The Labute approximate surface area is 161 Å². The van der Waals surface area contributed by atoms with E-state index in [9.17, 15) is 13.6 Å². The molecule has 3 aliphatic rings. The van der Waals surface area contributed by atoms with E-state index in [4.69, 9.17) is 9.90 Å². The summed E-state index contributed by atoms with van der Waals surface area (Å²) >= 11 is 0. The van der Waals surface area contributed by atoms with Crippen LogP contribution in [0.3, 0.4) is 0 Å². The van der Waals surface area contributed by atoms with Crippen molar-refractivity contribution in [2.45, 2.75) is 31.7 Å². The Morgan fingerprint density at radius 2 is 2.00 bits per heavy atom. The van der Waals surface area contributed by atoms with E-state index < -0.39 is 17.9 Å². The number of amides is 1. The molecular weight excluding hydrogens is 368 g/mol. The quantitative estimate of drug-likeness (QED) is 0.732. The van der Waals surface area contributed by atoms with Crippen molar-refractivity contribution in [3.05, 3.63) is 35.5 Å². The number of carbonyl (C=O) groups excluding carboxylic acids is 1. The Hall–Kier alpha value is -2.48. The second-order valence-electron chi connectivity index (χ2n) is 7.77. The molecule has 0 saturated carbocycles. The van der Waals surface area contributed by atoms with Gasteiger partial charge in [0.1, 0.15) is 0 Å². The molecule has 1 unspecified atom stereocenters. The third-order valence-electron chi connectivity index (χ3n) is 6.28. The molecule has 5 rings (SSSR count). The number of carbonyl (C=O) groups is 2. The zero-order chi connectivity index (χ0) is 19.9. The van der Waals surface area contributed by atoms with Crippen molar-refractivity contribution in [2.75, 3.05) is 26.2 Å². The molecule has 8 heteroatoms. The minimum absolute atomic E-state index is 0.144. The van der Waals surface area contributed by atoms with Gasteiger partial charge in [-0.05, 0) is 31.9 Å². The van der Waals surface area contributed by atoms with E-state index in [1.54, 1.807) is 0 Å². The molecule has 3 aliphatic heterocycles. The zero-order valence-corrected chi connectivity index (χ0v) is 15.5. The average molecular weight is 391 g/mol. The number of fused-ring (bicyclic) bond motifs is 3. The maximum atomic E-state index is 14.7. The summed E-state index contributed by atoms with van der Waals surface area (Å²) in [5.74, 6) is -3.06. The SMILES string of the molecule is O=C(c1c2n(c3ccccc13)CCC2)N1CC(F)(F)C2(CCNC2)C1.O=CO. The van der Waals surface area contributed by atoms with E-state index in [1.807, 2.05) is 24.3 Å². The number of para-hydroxylation sites is 1. The summed E-state index contributed by atoms with van der Waals surface area (Å²) in [5.41, 5.74) is 1.61. The molecule has 0 bridgehead atoms. The fraction of sp³-hybridized carbons (Fsp3) is 0.500. The highest BCUT2D eigenvalue weighted by Gasteiger charge is 2.62. The molecule has 2 N–H and O–H groups in total. The van der Waals surface area contributed by atoms with Crippen molar-refractivity contribution in [1.82, 2.24) is 14.8 Å². The Balaban J connectivity index is 0.000000604. The van der Waals surface area contributed by atoms with Crippen LogP contribution in [0.25, 0.3) is 10.9 Å². The maximum Gasteiger partial charge on any atom is 0.290 e. The molecule has 28 heavy (non-hydrogen) atoms. The molecule has 150 valence electrons. The van der Waals surface area contributed by atoms with Crippen molar-refractivity contribution >= 4 is 23.3 Å². The summed E-state index contributed by atoms with van der Waals surface area (Å²) in [6.07, 6.45) is 2.27. The maximum absolute atomic E-state index is 14.7. The number of aromatic nitrogens is 1. The van der Waals surface area contributed by atoms with Crippen LogP contribution in [-0.2, 0) is 17.8 Å². The van der Waals surface area contributed by atoms with Gasteiger partial charge in [-0.3, -0.25) is 9.59 Å². The van der Waals surface area contributed by atoms with E-state index in [0.717, 1.165) is 36.0 Å². The van der Waals surface area contributed by atoms with Gasteiger partial charge in [0.25, 0.3) is 18.3 Å². The van der Waals surface area contributed by atoms with Gasteiger partial charge in [-0.1, -0.05) is 18.2 Å².